The Hall–Kier alpha value is -2.51. The van der Waals surface area contributed by atoms with Gasteiger partial charge >= 0.3 is 5.97 Å². The van der Waals surface area contributed by atoms with Gasteiger partial charge in [0.2, 0.25) is 6.29 Å². The monoisotopic (exact) mass is 336 g/mol. The standard InChI is InChI=1S/C17H20O7/c18-6-3-13-12(5-8-24-17(13)22)10-16(21)23-7-4-11-1-2-14(19)15(20)9-11/h1-3,5,8-9,12,17-20,22H,4,6-7,10H2/b13-3-/t12-,17+/m1/s1. The Labute approximate surface area is 139 Å². The maximum atomic E-state index is 11.9. The molecule has 1 aromatic carbocycles. The number of ether oxygens (including phenoxy) is 2. The number of carbonyl (C=O) groups excluding carboxylic acids is 1. The van der Waals surface area contributed by atoms with Gasteiger partial charge in [-0.3, -0.25) is 4.79 Å². The second-order valence-electron chi connectivity index (χ2n) is 5.31. The highest BCUT2D eigenvalue weighted by Gasteiger charge is 2.26. The minimum atomic E-state index is -1.18. The summed E-state index contributed by atoms with van der Waals surface area (Å²) in [6, 6.07) is 4.40. The lowest BCUT2D eigenvalue weighted by molar-refractivity contribution is -0.144. The van der Waals surface area contributed by atoms with Crippen LogP contribution < -0.4 is 0 Å². The number of allylic oxidation sites excluding steroid dienone is 1. The van der Waals surface area contributed by atoms with Crippen LogP contribution in [0.4, 0.5) is 0 Å². The first-order valence-corrected chi connectivity index (χ1v) is 7.48. The number of carbonyl (C=O) groups is 1. The van der Waals surface area contributed by atoms with Gasteiger partial charge in [0.25, 0.3) is 0 Å². The van der Waals surface area contributed by atoms with E-state index in [9.17, 15) is 20.1 Å². The van der Waals surface area contributed by atoms with Gasteiger partial charge in [-0.25, -0.2) is 0 Å². The molecule has 0 aromatic heterocycles. The molecule has 0 saturated carbocycles. The zero-order chi connectivity index (χ0) is 17.5. The molecule has 1 aromatic rings. The molecule has 2 atom stereocenters. The summed E-state index contributed by atoms with van der Waals surface area (Å²) in [6.07, 6.45) is 3.57. The Morgan fingerprint density at radius 2 is 2.08 bits per heavy atom. The van der Waals surface area contributed by atoms with Crippen molar-refractivity contribution in [1.82, 2.24) is 0 Å². The topological polar surface area (TPSA) is 116 Å². The molecule has 1 heterocycles. The number of hydrogen-bond donors (Lipinski definition) is 4. The number of aromatic hydroxyl groups is 2. The van der Waals surface area contributed by atoms with Gasteiger partial charge in [-0.1, -0.05) is 12.1 Å². The van der Waals surface area contributed by atoms with Gasteiger partial charge in [-0.2, -0.15) is 0 Å². The summed E-state index contributed by atoms with van der Waals surface area (Å²) in [7, 11) is 0. The summed E-state index contributed by atoms with van der Waals surface area (Å²) in [5.41, 5.74) is 1.14. The molecule has 0 unspecified atom stereocenters. The number of phenolic OH excluding ortho intramolecular Hbond substituents is 2. The highest BCUT2D eigenvalue weighted by Crippen LogP contribution is 2.27. The van der Waals surface area contributed by atoms with Crippen LogP contribution in [0.3, 0.4) is 0 Å². The molecular weight excluding hydrogens is 316 g/mol. The quantitative estimate of drug-likeness (QED) is 0.347. The van der Waals surface area contributed by atoms with Crippen molar-refractivity contribution in [2.45, 2.75) is 19.1 Å². The van der Waals surface area contributed by atoms with E-state index in [2.05, 4.69) is 0 Å². The summed E-state index contributed by atoms with van der Waals surface area (Å²) in [4.78, 5) is 11.9. The number of aliphatic hydroxyl groups excluding tert-OH is 2. The summed E-state index contributed by atoms with van der Waals surface area (Å²) in [5, 5.41) is 37.3. The normalized spacial score (nSPS) is 21.5. The Morgan fingerprint density at radius 3 is 2.79 bits per heavy atom. The van der Waals surface area contributed by atoms with Crippen molar-refractivity contribution in [2.75, 3.05) is 13.2 Å². The molecule has 24 heavy (non-hydrogen) atoms. The molecule has 0 fully saturated rings. The van der Waals surface area contributed by atoms with E-state index in [1.807, 2.05) is 0 Å². The fourth-order valence-electron chi connectivity index (χ4n) is 2.38. The highest BCUT2D eigenvalue weighted by molar-refractivity contribution is 5.70. The van der Waals surface area contributed by atoms with Gasteiger partial charge in [-0.05, 0) is 23.8 Å². The Morgan fingerprint density at radius 1 is 1.29 bits per heavy atom. The number of rotatable bonds is 6. The van der Waals surface area contributed by atoms with Crippen LogP contribution in [-0.4, -0.2) is 45.9 Å². The van der Waals surface area contributed by atoms with Crippen molar-refractivity contribution in [1.29, 1.82) is 0 Å². The second kappa shape index (κ2) is 8.37. The third-order valence-corrected chi connectivity index (χ3v) is 3.64. The third kappa shape index (κ3) is 4.74. The number of hydrogen-bond acceptors (Lipinski definition) is 7. The molecule has 2 rings (SSSR count). The minimum Gasteiger partial charge on any atom is -0.504 e. The molecule has 0 saturated heterocycles. The predicted octanol–water partition coefficient (Wildman–Crippen LogP) is 0.971. The van der Waals surface area contributed by atoms with E-state index in [1.54, 1.807) is 12.1 Å². The molecule has 0 aliphatic carbocycles. The molecular formula is C17H20O7. The maximum absolute atomic E-state index is 11.9. The summed E-state index contributed by atoms with van der Waals surface area (Å²) in [5.74, 6) is -1.28. The molecule has 4 N–H and O–H groups in total. The largest absolute Gasteiger partial charge is 0.504 e. The summed E-state index contributed by atoms with van der Waals surface area (Å²) < 4.78 is 10.1. The van der Waals surface area contributed by atoms with E-state index >= 15 is 0 Å². The lowest BCUT2D eigenvalue weighted by Gasteiger charge is -2.24. The van der Waals surface area contributed by atoms with E-state index in [0.717, 1.165) is 5.56 Å². The van der Waals surface area contributed by atoms with Gasteiger partial charge in [0.1, 0.15) is 0 Å². The predicted molar refractivity (Wildman–Crippen MR) is 83.9 cm³/mol. The number of aliphatic hydroxyl groups is 2. The molecule has 0 radical (unpaired) electrons. The van der Waals surface area contributed by atoms with Crippen LogP contribution >= 0.6 is 0 Å². The molecule has 0 bridgehead atoms. The molecule has 0 amide bonds. The first kappa shape index (κ1) is 17.8. The average Bonchev–Trinajstić information content (AvgIpc) is 2.54. The smallest absolute Gasteiger partial charge is 0.306 e. The molecule has 130 valence electrons. The van der Waals surface area contributed by atoms with Crippen LogP contribution in [0.5, 0.6) is 11.5 Å². The van der Waals surface area contributed by atoms with Gasteiger partial charge in [-0.15, -0.1) is 0 Å². The zero-order valence-electron chi connectivity index (χ0n) is 13.0. The van der Waals surface area contributed by atoms with Crippen LogP contribution in [0.1, 0.15) is 12.0 Å². The van der Waals surface area contributed by atoms with Crippen LogP contribution in [0.15, 0.2) is 42.2 Å². The zero-order valence-corrected chi connectivity index (χ0v) is 13.0. The van der Waals surface area contributed by atoms with Crippen molar-refractivity contribution >= 4 is 5.97 Å². The van der Waals surface area contributed by atoms with Gasteiger partial charge in [0.15, 0.2) is 11.5 Å². The van der Waals surface area contributed by atoms with E-state index in [4.69, 9.17) is 14.6 Å². The Kier molecular flexibility index (Phi) is 6.22. The van der Waals surface area contributed by atoms with Crippen molar-refractivity contribution < 1.29 is 34.7 Å². The van der Waals surface area contributed by atoms with Crippen LogP contribution in [-0.2, 0) is 20.7 Å². The number of benzene rings is 1. The average molecular weight is 336 g/mol. The molecule has 7 nitrogen and oxygen atoms in total. The molecule has 1 aliphatic heterocycles. The summed E-state index contributed by atoms with van der Waals surface area (Å²) >= 11 is 0. The number of esters is 1. The van der Waals surface area contributed by atoms with Gasteiger partial charge in [0.05, 0.1) is 25.9 Å². The Balaban J connectivity index is 1.84. The van der Waals surface area contributed by atoms with Crippen molar-refractivity contribution in [3.8, 4) is 11.5 Å². The molecule has 0 spiro atoms. The van der Waals surface area contributed by atoms with Crippen LogP contribution in [0.25, 0.3) is 0 Å². The van der Waals surface area contributed by atoms with Crippen molar-refractivity contribution in [3.63, 3.8) is 0 Å². The van der Waals surface area contributed by atoms with Crippen molar-refractivity contribution in [2.24, 2.45) is 5.92 Å². The number of phenols is 2. The van der Waals surface area contributed by atoms with Crippen molar-refractivity contribution in [3.05, 3.63) is 47.7 Å². The van der Waals surface area contributed by atoms with Gasteiger partial charge < -0.3 is 29.9 Å². The first-order chi connectivity index (χ1) is 11.5. The van der Waals surface area contributed by atoms with Crippen LogP contribution in [0.2, 0.25) is 0 Å². The SMILES string of the molecule is O=C(C[C@H]1C=CO[C@H](O)/C1=C\CO)OCCc1ccc(O)c(O)c1. The summed E-state index contributed by atoms with van der Waals surface area (Å²) in [6.45, 7) is -0.142. The van der Waals surface area contributed by atoms with E-state index in [0.29, 0.717) is 12.0 Å². The lowest BCUT2D eigenvalue weighted by atomic mass is 9.93. The third-order valence-electron chi connectivity index (χ3n) is 3.64. The van der Waals surface area contributed by atoms with Crippen LogP contribution in [0, 0.1) is 5.92 Å². The maximum Gasteiger partial charge on any atom is 0.306 e. The van der Waals surface area contributed by atoms with Gasteiger partial charge in [0, 0.05) is 17.9 Å². The van der Waals surface area contributed by atoms with E-state index in [1.165, 1.54) is 24.5 Å². The second-order valence-corrected chi connectivity index (χ2v) is 5.31. The van der Waals surface area contributed by atoms with E-state index in [-0.39, 0.29) is 31.1 Å². The Bertz CT molecular complexity index is 636. The minimum absolute atomic E-state index is 0.0174. The lowest BCUT2D eigenvalue weighted by Crippen LogP contribution is -2.25. The highest BCUT2D eigenvalue weighted by atomic mass is 16.6. The first-order valence-electron chi connectivity index (χ1n) is 7.48. The fourth-order valence-corrected chi connectivity index (χ4v) is 2.38. The molecule has 1 aliphatic rings. The van der Waals surface area contributed by atoms with E-state index < -0.39 is 18.2 Å². The fraction of sp³-hybridized carbons (Fsp3) is 0.353. The molecule has 7 heteroatoms.